The van der Waals surface area contributed by atoms with Gasteiger partial charge in [-0.1, -0.05) is 5.16 Å². The Kier molecular flexibility index (Phi) is 6.67. The number of hydrogen-bond acceptors (Lipinski definition) is 6. The first-order valence-corrected chi connectivity index (χ1v) is 6.24. The highest BCUT2D eigenvalue weighted by Gasteiger charge is 2.23. The van der Waals surface area contributed by atoms with Gasteiger partial charge in [-0.05, 0) is 26.7 Å². The molecule has 1 aliphatic rings. The van der Waals surface area contributed by atoms with E-state index in [9.17, 15) is 4.79 Å². The summed E-state index contributed by atoms with van der Waals surface area (Å²) >= 11 is 0. The van der Waals surface area contributed by atoms with Gasteiger partial charge in [0.1, 0.15) is 6.10 Å². The fraction of sp³-hybridized carbons (Fsp3) is 0.833. The third-order valence-electron chi connectivity index (χ3n) is 2.60. The van der Waals surface area contributed by atoms with E-state index in [2.05, 4.69) is 9.89 Å². The number of ether oxygens (including phenoxy) is 3. The molecule has 0 aliphatic carbocycles. The van der Waals surface area contributed by atoms with Crippen molar-refractivity contribution in [2.24, 2.45) is 5.16 Å². The third kappa shape index (κ3) is 4.62. The van der Waals surface area contributed by atoms with Gasteiger partial charge in [0.05, 0.1) is 13.7 Å². The van der Waals surface area contributed by atoms with E-state index in [-0.39, 0.29) is 12.0 Å². The lowest BCUT2D eigenvalue weighted by Crippen LogP contribution is -2.31. The maximum absolute atomic E-state index is 11.5. The summed E-state index contributed by atoms with van der Waals surface area (Å²) in [5.74, 6) is -0.549. The van der Waals surface area contributed by atoms with E-state index in [4.69, 9.17) is 14.3 Å². The molecule has 2 atom stereocenters. The summed E-state index contributed by atoms with van der Waals surface area (Å²) in [6.07, 6.45) is 2.00. The maximum atomic E-state index is 11.5. The Morgan fingerprint density at radius 3 is 2.83 bits per heavy atom. The summed E-state index contributed by atoms with van der Waals surface area (Å²) in [5.41, 5.74) is 0.119. The van der Waals surface area contributed by atoms with Crippen molar-refractivity contribution >= 4 is 11.7 Å². The molecule has 1 fully saturated rings. The molecule has 1 saturated heterocycles. The maximum Gasteiger partial charge on any atom is 0.358 e. The highest BCUT2D eigenvalue weighted by Crippen LogP contribution is 2.14. The predicted molar refractivity (Wildman–Crippen MR) is 65.2 cm³/mol. The number of nitrogens with zero attached hydrogens (tertiary/aromatic N) is 1. The van der Waals surface area contributed by atoms with Crippen molar-refractivity contribution in [3.63, 3.8) is 0 Å². The molecule has 1 heterocycles. The van der Waals surface area contributed by atoms with Gasteiger partial charge < -0.3 is 19.0 Å². The molecule has 1 rings (SSSR count). The molecule has 0 radical (unpaired) electrons. The first kappa shape index (κ1) is 14.9. The number of hydrogen-bond donors (Lipinski definition) is 0. The Bertz CT molecular complexity index is 286. The van der Waals surface area contributed by atoms with Gasteiger partial charge in [-0.15, -0.1) is 0 Å². The van der Waals surface area contributed by atoms with Crippen LogP contribution in [0.4, 0.5) is 0 Å². The second-order valence-electron chi connectivity index (χ2n) is 3.97. The van der Waals surface area contributed by atoms with E-state index < -0.39 is 12.1 Å². The van der Waals surface area contributed by atoms with Gasteiger partial charge in [-0.2, -0.15) is 0 Å². The van der Waals surface area contributed by atoms with Crippen LogP contribution in [0.15, 0.2) is 5.16 Å². The van der Waals surface area contributed by atoms with Crippen LogP contribution in [0.2, 0.25) is 0 Å². The van der Waals surface area contributed by atoms with Gasteiger partial charge in [0.25, 0.3) is 0 Å². The fourth-order valence-corrected chi connectivity index (χ4v) is 1.62. The van der Waals surface area contributed by atoms with Gasteiger partial charge in [0, 0.05) is 13.0 Å². The summed E-state index contributed by atoms with van der Waals surface area (Å²) < 4.78 is 15.3. The fourth-order valence-electron chi connectivity index (χ4n) is 1.62. The minimum atomic E-state index is -0.549. The van der Waals surface area contributed by atoms with Gasteiger partial charge in [-0.3, -0.25) is 0 Å². The molecule has 6 heteroatoms. The van der Waals surface area contributed by atoms with Crippen LogP contribution < -0.4 is 0 Å². The molecule has 0 N–H and O–H groups in total. The molecule has 104 valence electrons. The number of carbonyl (C=O) groups excluding carboxylic acids is 1. The predicted octanol–water partition coefficient (Wildman–Crippen LogP) is 1.48. The second kappa shape index (κ2) is 8.05. The Labute approximate surface area is 107 Å². The van der Waals surface area contributed by atoms with E-state index in [1.807, 2.05) is 6.92 Å². The van der Waals surface area contributed by atoms with Crippen molar-refractivity contribution in [3.05, 3.63) is 0 Å². The van der Waals surface area contributed by atoms with Crippen LogP contribution in [0.25, 0.3) is 0 Å². The lowest BCUT2D eigenvalue weighted by Gasteiger charge is -2.21. The Balaban J connectivity index is 2.59. The first-order valence-electron chi connectivity index (χ1n) is 6.24. The molecule has 18 heavy (non-hydrogen) atoms. The van der Waals surface area contributed by atoms with Crippen LogP contribution in [-0.4, -0.2) is 44.4 Å². The quantitative estimate of drug-likeness (QED) is 0.410. The molecule has 6 nitrogen and oxygen atoms in total. The normalized spacial score (nSPS) is 22.4. The molecule has 0 aromatic carbocycles. The van der Waals surface area contributed by atoms with Crippen molar-refractivity contribution in [1.82, 2.24) is 0 Å². The van der Waals surface area contributed by atoms with Crippen molar-refractivity contribution in [1.29, 1.82) is 0 Å². The first-order chi connectivity index (χ1) is 8.69. The lowest BCUT2D eigenvalue weighted by molar-refractivity contribution is -0.163. The molecule has 1 aliphatic heterocycles. The molecule has 0 aromatic heterocycles. The SMILES string of the molecule is CCOC(C)/C(=N\OC1CCCCO1)C(=O)OC. The highest BCUT2D eigenvalue weighted by atomic mass is 16.8. The molecule has 0 spiro atoms. The van der Waals surface area contributed by atoms with E-state index in [1.165, 1.54) is 7.11 Å². The Morgan fingerprint density at radius 1 is 1.50 bits per heavy atom. The average Bonchev–Trinajstić information content (AvgIpc) is 2.40. The second-order valence-corrected chi connectivity index (χ2v) is 3.97. The lowest BCUT2D eigenvalue weighted by atomic mass is 10.2. The zero-order valence-electron chi connectivity index (χ0n) is 11.2. The number of rotatable bonds is 6. The zero-order chi connectivity index (χ0) is 13.4. The summed E-state index contributed by atoms with van der Waals surface area (Å²) in [7, 11) is 1.30. The topological polar surface area (TPSA) is 66.3 Å². The summed E-state index contributed by atoms with van der Waals surface area (Å²) in [6, 6.07) is 0. The Hall–Kier alpha value is -1.14. The number of esters is 1. The minimum absolute atomic E-state index is 0.119. The summed E-state index contributed by atoms with van der Waals surface area (Å²) in [4.78, 5) is 16.8. The highest BCUT2D eigenvalue weighted by molar-refractivity contribution is 6.38. The van der Waals surface area contributed by atoms with Crippen LogP contribution in [0.3, 0.4) is 0 Å². The van der Waals surface area contributed by atoms with Crippen LogP contribution in [-0.2, 0) is 23.8 Å². The summed E-state index contributed by atoms with van der Waals surface area (Å²) in [6.45, 7) is 4.71. The minimum Gasteiger partial charge on any atom is -0.464 e. The summed E-state index contributed by atoms with van der Waals surface area (Å²) in [5, 5.41) is 3.83. The van der Waals surface area contributed by atoms with Gasteiger partial charge in [0.2, 0.25) is 6.29 Å². The van der Waals surface area contributed by atoms with E-state index >= 15 is 0 Å². The van der Waals surface area contributed by atoms with Gasteiger partial charge in [-0.25, -0.2) is 4.79 Å². The molecule has 0 saturated carbocycles. The third-order valence-corrected chi connectivity index (χ3v) is 2.60. The molecular weight excluding hydrogens is 238 g/mol. The van der Waals surface area contributed by atoms with Crippen LogP contribution in [0.1, 0.15) is 33.1 Å². The molecule has 0 amide bonds. The average molecular weight is 259 g/mol. The van der Waals surface area contributed by atoms with Gasteiger partial charge >= 0.3 is 5.97 Å². The van der Waals surface area contributed by atoms with Crippen LogP contribution in [0.5, 0.6) is 0 Å². The molecule has 0 bridgehead atoms. The number of oxime groups is 1. The van der Waals surface area contributed by atoms with Gasteiger partial charge in [0.15, 0.2) is 5.71 Å². The monoisotopic (exact) mass is 259 g/mol. The molecular formula is C12H21NO5. The van der Waals surface area contributed by atoms with Crippen LogP contribution in [0, 0.1) is 0 Å². The van der Waals surface area contributed by atoms with E-state index in [0.29, 0.717) is 13.2 Å². The Morgan fingerprint density at radius 2 is 2.28 bits per heavy atom. The molecule has 0 aromatic rings. The van der Waals surface area contributed by atoms with E-state index in [0.717, 1.165) is 19.3 Å². The number of carbonyl (C=O) groups is 1. The van der Waals surface area contributed by atoms with E-state index in [1.54, 1.807) is 6.92 Å². The van der Waals surface area contributed by atoms with Crippen molar-refractivity contribution in [2.45, 2.75) is 45.5 Å². The van der Waals surface area contributed by atoms with Crippen molar-refractivity contribution < 1.29 is 23.8 Å². The smallest absolute Gasteiger partial charge is 0.358 e. The number of methoxy groups -OCH3 is 1. The molecule has 2 unspecified atom stereocenters. The van der Waals surface area contributed by atoms with Crippen LogP contribution >= 0.6 is 0 Å². The van der Waals surface area contributed by atoms with Crippen molar-refractivity contribution in [2.75, 3.05) is 20.3 Å². The standard InChI is InChI=1S/C12H21NO5/c1-4-16-9(2)11(12(14)15-3)13-18-10-7-5-6-8-17-10/h9-10H,4-8H2,1-3H3/b13-11+. The van der Waals surface area contributed by atoms with Crippen molar-refractivity contribution in [3.8, 4) is 0 Å². The largest absolute Gasteiger partial charge is 0.464 e. The zero-order valence-corrected chi connectivity index (χ0v) is 11.2.